The summed E-state index contributed by atoms with van der Waals surface area (Å²) in [5.41, 5.74) is 2.80. The van der Waals surface area contributed by atoms with Crippen LogP contribution in [0.15, 0.2) is 72.8 Å². The van der Waals surface area contributed by atoms with Crippen LogP contribution in [0.2, 0.25) is 0 Å². The third kappa shape index (κ3) is 3.51. The smallest absolute Gasteiger partial charge is 0.169 e. The normalized spacial score (nSPS) is 10.8. The van der Waals surface area contributed by atoms with E-state index in [1.807, 2.05) is 72.8 Å². The highest BCUT2D eigenvalue weighted by Gasteiger charge is 2.21. The first-order valence-corrected chi connectivity index (χ1v) is 9.83. The predicted molar refractivity (Wildman–Crippen MR) is 115 cm³/mol. The molecule has 28 heavy (non-hydrogen) atoms. The molecule has 0 amide bonds. The number of ether oxygens (including phenoxy) is 2. The summed E-state index contributed by atoms with van der Waals surface area (Å²) in [7, 11) is 3.30. The van der Waals surface area contributed by atoms with Crippen LogP contribution in [0.25, 0.3) is 20.5 Å². The van der Waals surface area contributed by atoms with Gasteiger partial charge in [-0.25, -0.2) is 0 Å². The van der Waals surface area contributed by atoms with Gasteiger partial charge < -0.3 is 9.47 Å². The quantitative estimate of drug-likeness (QED) is 0.379. The minimum Gasteiger partial charge on any atom is -0.497 e. The van der Waals surface area contributed by atoms with Crippen LogP contribution in [0, 0.1) is 0 Å². The van der Waals surface area contributed by atoms with Gasteiger partial charge >= 0.3 is 0 Å². The molecule has 0 unspecified atom stereocenters. The first kappa shape index (κ1) is 18.3. The number of carbonyl (C=O) groups is 1. The predicted octanol–water partition coefficient (Wildman–Crippen LogP) is 6.01. The number of hydrogen-bond acceptors (Lipinski definition) is 4. The summed E-state index contributed by atoms with van der Waals surface area (Å²) in [6, 6.07) is 23.6. The van der Waals surface area contributed by atoms with Gasteiger partial charge in [-0.3, -0.25) is 4.79 Å². The van der Waals surface area contributed by atoms with E-state index in [2.05, 4.69) is 0 Å². The van der Waals surface area contributed by atoms with Crippen LogP contribution >= 0.6 is 11.3 Å². The van der Waals surface area contributed by atoms with Crippen LogP contribution in [0.1, 0.15) is 15.9 Å². The number of ketones is 1. The van der Waals surface area contributed by atoms with Crippen molar-refractivity contribution in [2.75, 3.05) is 14.2 Å². The Bertz CT molecular complexity index is 1110. The summed E-state index contributed by atoms with van der Waals surface area (Å²) in [4.78, 5) is 14.3. The lowest BCUT2D eigenvalue weighted by Gasteiger charge is -2.06. The zero-order valence-corrected chi connectivity index (χ0v) is 16.6. The van der Waals surface area contributed by atoms with Gasteiger partial charge in [-0.05, 0) is 53.6 Å². The molecule has 0 aliphatic heterocycles. The Labute approximate surface area is 168 Å². The zero-order valence-electron chi connectivity index (χ0n) is 15.8. The summed E-state index contributed by atoms with van der Waals surface area (Å²) < 4.78 is 11.7. The van der Waals surface area contributed by atoms with Gasteiger partial charge in [0.05, 0.1) is 14.2 Å². The molecule has 0 saturated heterocycles. The van der Waals surface area contributed by atoms with Crippen molar-refractivity contribution in [2.24, 2.45) is 0 Å². The summed E-state index contributed by atoms with van der Waals surface area (Å²) in [6.45, 7) is 0. The molecule has 0 atom stereocenters. The maximum atomic E-state index is 13.3. The van der Waals surface area contributed by atoms with E-state index in [9.17, 15) is 4.79 Å². The molecule has 0 bridgehead atoms. The van der Waals surface area contributed by atoms with Crippen molar-refractivity contribution >= 4 is 27.2 Å². The lowest BCUT2D eigenvalue weighted by molar-refractivity contribution is 0.0995. The van der Waals surface area contributed by atoms with E-state index in [-0.39, 0.29) is 5.78 Å². The minimum atomic E-state index is 0.119. The van der Waals surface area contributed by atoms with Gasteiger partial charge in [0.25, 0.3) is 0 Å². The van der Waals surface area contributed by atoms with E-state index < -0.39 is 0 Å². The van der Waals surface area contributed by atoms with Crippen molar-refractivity contribution in [3.63, 3.8) is 0 Å². The fraction of sp³-hybridized carbons (Fsp3) is 0.125. The summed E-state index contributed by atoms with van der Waals surface area (Å²) in [5.74, 6) is 1.70. The second kappa shape index (κ2) is 7.87. The molecule has 0 N–H and O–H groups in total. The van der Waals surface area contributed by atoms with Crippen LogP contribution in [0.3, 0.4) is 0 Å². The molecular weight excluding hydrogens is 368 g/mol. The molecule has 140 valence electrons. The Balaban J connectivity index is 1.84. The monoisotopic (exact) mass is 388 g/mol. The van der Waals surface area contributed by atoms with Crippen molar-refractivity contribution < 1.29 is 14.3 Å². The zero-order chi connectivity index (χ0) is 19.5. The average Bonchev–Trinajstić information content (AvgIpc) is 3.13. The molecule has 1 aromatic heterocycles. The number of Topliss-reactive ketones (excluding diaryl/α,β-unsaturated/α-hetero) is 1. The highest BCUT2D eigenvalue weighted by Crippen LogP contribution is 2.41. The fourth-order valence-electron chi connectivity index (χ4n) is 3.30. The highest BCUT2D eigenvalue weighted by molar-refractivity contribution is 7.22. The number of benzene rings is 3. The maximum Gasteiger partial charge on any atom is 0.169 e. The Morgan fingerprint density at radius 2 is 1.54 bits per heavy atom. The SMILES string of the molecule is COc1ccc(-c2sc3cc(OC)ccc3c2C(=O)Cc2ccccc2)cc1. The van der Waals surface area contributed by atoms with E-state index in [1.54, 1.807) is 25.6 Å². The molecule has 0 aliphatic rings. The molecule has 0 spiro atoms. The van der Waals surface area contributed by atoms with Gasteiger partial charge in [0, 0.05) is 26.9 Å². The van der Waals surface area contributed by atoms with Crippen LogP contribution in [0.5, 0.6) is 11.5 Å². The number of rotatable bonds is 6. The molecule has 3 aromatic carbocycles. The topological polar surface area (TPSA) is 35.5 Å². The van der Waals surface area contributed by atoms with E-state index in [0.29, 0.717) is 6.42 Å². The Hall–Kier alpha value is -3.11. The third-order valence-corrected chi connectivity index (χ3v) is 5.94. The third-order valence-electron chi connectivity index (χ3n) is 4.74. The number of fused-ring (bicyclic) bond motifs is 1. The Kier molecular flexibility index (Phi) is 5.13. The molecule has 4 heteroatoms. The van der Waals surface area contributed by atoms with Crippen LogP contribution < -0.4 is 9.47 Å². The van der Waals surface area contributed by atoms with Crippen LogP contribution in [0.4, 0.5) is 0 Å². The van der Waals surface area contributed by atoms with E-state index in [0.717, 1.165) is 43.2 Å². The lowest BCUT2D eigenvalue weighted by Crippen LogP contribution is -2.04. The molecule has 4 aromatic rings. The molecule has 1 heterocycles. The molecule has 0 aliphatic carbocycles. The van der Waals surface area contributed by atoms with Gasteiger partial charge in [-0.2, -0.15) is 0 Å². The van der Waals surface area contributed by atoms with E-state index in [1.165, 1.54) is 0 Å². The van der Waals surface area contributed by atoms with Crippen LogP contribution in [-0.2, 0) is 6.42 Å². The second-order valence-electron chi connectivity index (χ2n) is 6.48. The van der Waals surface area contributed by atoms with Crippen molar-refractivity contribution in [3.05, 3.63) is 83.9 Å². The fourth-order valence-corrected chi connectivity index (χ4v) is 4.55. The first-order valence-electron chi connectivity index (χ1n) is 9.01. The number of hydrogen-bond donors (Lipinski definition) is 0. The number of thiophene rings is 1. The molecule has 3 nitrogen and oxygen atoms in total. The van der Waals surface area contributed by atoms with Gasteiger partial charge in [0.1, 0.15) is 11.5 Å². The van der Waals surface area contributed by atoms with E-state index >= 15 is 0 Å². The van der Waals surface area contributed by atoms with Crippen molar-refractivity contribution in [2.45, 2.75) is 6.42 Å². The lowest BCUT2D eigenvalue weighted by atomic mass is 9.98. The van der Waals surface area contributed by atoms with E-state index in [4.69, 9.17) is 9.47 Å². The highest BCUT2D eigenvalue weighted by atomic mass is 32.1. The molecule has 4 rings (SSSR count). The van der Waals surface area contributed by atoms with Gasteiger partial charge in [-0.15, -0.1) is 11.3 Å². The molecule has 0 saturated carbocycles. The van der Waals surface area contributed by atoms with Gasteiger partial charge in [0.2, 0.25) is 0 Å². The molecule has 0 fully saturated rings. The number of carbonyl (C=O) groups excluding carboxylic acids is 1. The summed E-state index contributed by atoms with van der Waals surface area (Å²) in [5, 5.41) is 0.970. The van der Waals surface area contributed by atoms with Gasteiger partial charge in [0.15, 0.2) is 5.78 Å². The summed E-state index contributed by atoms with van der Waals surface area (Å²) in [6.07, 6.45) is 0.377. The van der Waals surface area contributed by atoms with Crippen molar-refractivity contribution in [1.82, 2.24) is 0 Å². The van der Waals surface area contributed by atoms with Gasteiger partial charge in [-0.1, -0.05) is 30.3 Å². The van der Waals surface area contributed by atoms with Crippen molar-refractivity contribution in [3.8, 4) is 21.9 Å². The summed E-state index contributed by atoms with van der Waals surface area (Å²) >= 11 is 1.62. The average molecular weight is 388 g/mol. The number of methoxy groups -OCH3 is 2. The first-order chi connectivity index (χ1) is 13.7. The van der Waals surface area contributed by atoms with Crippen molar-refractivity contribution in [1.29, 1.82) is 0 Å². The molecular formula is C24H20O3S. The Morgan fingerprint density at radius 3 is 2.21 bits per heavy atom. The Morgan fingerprint density at radius 1 is 0.857 bits per heavy atom. The maximum absolute atomic E-state index is 13.3. The standard InChI is InChI=1S/C24H20O3S/c1-26-18-10-8-17(9-11-18)24-23(21(25)14-16-6-4-3-5-7-16)20-13-12-19(27-2)15-22(20)28-24/h3-13,15H,14H2,1-2H3. The molecule has 0 radical (unpaired) electrons. The minimum absolute atomic E-state index is 0.119. The second-order valence-corrected chi connectivity index (χ2v) is 7.53. The van der Waals surface area contributed by atoms with Crippen LogP contribution in [-0.4, -0.2) is 20.0 Å². The largest absolute Gasteiger partial charge is 0.497 e.